The van der Waals surface area contributed by atoms with E-state index in [2.05, 4.69) is 4.99 Å². The lowest BCUT2D eigenvalue weighted by Crippen LogP contribution is -2.36. The molecule has 1 aliphatic rings. The molecule has 10 heteroatoms. The molecule has 1 heterocycles. The second-order valence-corrected chi connectivity index (χ2v) is 6.80. The fraction of sp³-hybridized carbons (Fsp3) is 0.400. The molecular formula is C20H23N3O7. The number of ether oxygens (including phenoxy) is 2. The number of methoxy groups -OCH3 is 1. The van der Waals surface area contributed by atoms with E-state index in [1.165, 1.54) is 30.2 Å². The minimum Gasteiger partial charge on any atom is -0.468 e. The molecule has 0 aromatic heterocycles. The zero-order valence-corrected chi connectivity index (χ0v) is 17.2. The van der Waals surface area contributed by atoms with Gasteiger partial charge in [-0.1, -0.05) is 12.1 Å². The van der Waals surface area contributed by atoms with Crippen molar-refractivity contribution < 1.29 is 28.8 Å². The van der Waals surface area contributed by atoms with Gasteiger partial charge in [0.15, 0.2) is 0 Å². The second kappa shape index (κ2) is 9.77. The van der Waals surface area contributed by atoms with Crippen molar-refractivity contribution >= 4 is 29.7 Å². The minimum atomic E-state index is -0.944. The van der Waals surface area contributed by atoms with Crippen molar-refractivity contribution in [2.75, 3.05) is 27.3 Å². The van der Waals surface area contributed by atoms with E-state index < -0.39 is 28.7 Å². The van der Waals surface area contributed by atoms with Gasteiger partial charge >= 0.3 is 11.9 Å². The Morgan fingerprint density at radius 1 is 1.33 bits per heavy atom. The number of allylic oxidation sites excluding steroid dienone is 1. The number of rotatable bonds is 8. The number of non-ortho nitro benzene ring substituents is 1. The number of nitro groups is 1. The summed E-state index contributed by atoms with van der Waals surface area (Å²) in [6.07, 6.45) is 0.603. The largest absolute Gasteiger partial charge is 0.468 e. The molecule has 10 nitrogen and oxygen atoms in total. The van der Waals surface area contributed by atoms with Gasteiger partial charge in [-0.25, -0.2) is 4.79 Å². The Balaban J connectivity index is 2.51. The lowest BCUT2D eigenvalue weighted by atomic mass is 9.75. The molecule has 0 saturated heterocycles. The molecule has 0 N–H and O–H groups in total. The molecule has 1 unspecified atom stereocenters. The van der Waals surface area contributed by atoms with E-state index in [1.807, 2.05) is 0 Å². The summed E-state index contributed by atoms with van der Waals surface area (Å²) in [5.41, 5.74) is 1.11. The number of hydrogen-bond donors (Lipinski definition) is 0. The maximum absolute atomic E-state index is 12.9. The van der Waals surface area contributed by atoms with Crippen LogP contribution in [0.3, 0.4) is 0 Å². The maximum atomic E-state index is 12.9. The van der Waals surface area contributed by atoms with Crippen LogP contribution < -0.4 is 0 Å². The van der Waals surface area contributed by atoms with Gasteiger partial charge in [-0.2, -0.15) is 0 Å². The number of benzene rings is 1. The normalized spacial score (nSPS) is 18.3. The first kappa shape index (κ1) is 22.7. The Labute approximate surface area is 173 Å². The van der Waals surface area contributed by atoms with Crippen molar-refractivity contribution in [3.05, 3.63) is 51.2 Å². The summed E-state index contributed by atoms with van der Waals surface area (Å²) in [6, 6.07) is 5.73. The van der Waals surface area contributed by atoms with Crippen LogP contribution in [0.4, 0.5) is 5.69 Å². The van der Waals surface area contributed by atoms with Crippen LogP contribution in [0.2, 0.25) is 0 Å². The average molecular weight is 417 g/mol. The highest BCUT2D eigenvalue weighted by molar-refractivity contribution is 6.07. The smallest absolute Gasteiger partial charge is 0.336 e. The summed E-state index contributed by atoms with van der Waals surface area (Å²) in [6.45, 7) is 3.37. The van der Waals surface area contributed by atoms with Gasteiger partial charge in [0.05, 0.1) is 24.2 Å². The first-order valence-corrected chi connectivity index (χ1v) is 9.12. The van der Waals surface area contributed by atoms with Gasteiger partial charge in [-0.3, -0.25) is 24.7 Å². The number of nitrogens with zero attached hydrogens (tertiary/aromatic N) is 3. The maximum Gasteiger partial charge on any atom is 0.336 e. The molecule has 0 bridgehead atoms. The number of likely N-dealkylation sites (N-methyl/N-ethyl adjacent to an activating group) is 1. The molecule has 30 heavy (non-hydrogen) atoms. The van der Waals surface area contributed by atoms with Gasteiger partial charge in [0.2, 0.25) is 6.41 Å². The summed E-state index contributed by atoms with van der Waals surface area (Å²) in [7, 11) is 2.76. The molecule has 160 valence electrons. The predicted octanol–water partition coefficient (Wildman–Crippen LogP) is 1.85. The Bertz CT molecular complexity index is 923. The summed E-state index contributed by atoms with van der Waals surface area (Å²) in [5, 5.41) is 11.2. The first-order valence-electron chi connectivity index (χ1n) is 9.12. The Morgan fingerprint density at radius 3 is 2.63 bits per heavy atom. The molecule has 0 saturated carbocycles. The van der Waals surface area contributed by atoms with Crippen molar-refractivity contribution in [1.29, 1.82) is 0 Å². The van der Waals surface area contributed by atoms with E-state index in [4.69, 9.17) is 9.47 Å². The Kier molecular flexibility index (Phi) is 7.40. The third kappa shape index (κ3) is 4.88. The van der Waals surface area contributed by atoms with E-state index in [0.29, 0.717) is 23.4 Å². The molecule has 1 aromatic carbocycles. The van der Waals surface area contributed by atoms with E-state index in [9.17, 15) is 24.5 Å². The Morgan fingerprint density at radius 2 is 2.03 bits per heavy atom. The molecule has 1 aromatic rings. The van der Waals surface area contributed by atoms with Gasteiger partial charge < -0.3 is 14.4 Å². The van der Waals surface area contributed by atoms with Crippen LogP contribution in [0, 0.1) is 16.0 Å². The number of esters is 2. The highest BCUT2D eigenvalue weighted by Gasteiger charge is 2.42. The minimum absolute atomic E-state index is 0.0574. The SMILES string of the molecule is COC(=O)C1C(C)=NC(C)=C(C(=O)OCCN(C)C=O)[C@H]1c1cccc([N+](=O)[O-])c1. The van der Waals surface area contributed by atoms with Gasteiger partial charge in [0.1, 0.15) is 12.5 Å². The van der Waals surface area contributed by atoms with E-state index in [0.717, 1.165) is 0 Å². The average Bonchev–Trinajstić information content (AvgIpc) is 2.72. The third-order valence-electron chi connectivity index (χ3n) is 4.80. The molecule has 2 rings (SSSR count). The number of amides is 1. The summed E-state index contributed by atoms with van der Waals surface area (Å²) in [4.78, 5) is 52.5. The molecule has 1 amide bonds. The Hall–Kier alpha value is -3.56. The standard InChI is InChI=1S/C20H23N3O7/c1-12-16(19(25)29-4)18(14-6-5-7-15(10-14)23(27)28)17(13(2)21-12)20(26)30-9-8-22(3)11-24/h5-7,10-11,16,18H,8-9H2,1-4H3/t16?,18-/m0/s1. The highest BCUT2D eigenvalue weighted by atomic mass is 16.6. The van der Waals surface area contributed by atoms with Crippen LogP contribution in [-0.4, -0.2) is 61.2 Å². The van der Waals surface area contributed by atoms with Gasteiger partial charge in [0.25, 0.3) is 5.69 Å². The number of carbonyl (C=O) groups excluding carboxylic acids is 3. The van der Waals surface area contributed by atoms with Crippen molar-refractivity contribution in [2.45, 2.75) is 19.8 Å². The fourth-order valence-corrected chi connectivity index (χ4v) is 3.34. The first-order chi connectivity index (χ1) is 14.2. The van der Waals surface area contributed by atoms with Crippen LogP contribution in [0.1, 0.15) is 25.3 Å². The van der Waals surface area contributed by atoms with Crippen LogP contribution in [-0.2, 0) is 23.9 Å². The molecule has 0 radical (unpaired) electrons. The summed E-state index contributed by atoms with van der Waals surface area (Å²) < 4.78 is 10.2. The molecule has 1 aliphatic heterocycles. The number of nitro benzene ring substituents is 1. The van der Waals surface area contributed by atoms with Crippen molar-refractivity contribution in [2.24, 2.45) is 10.9 Å². The highest BCUT2D eigenvalue weighted by Crippen LogP contribution is 2.40. The van der Waals surface area contributed by atoms with Crippen molar-refractivity contribution in [3.63, 3.8) is 0 Å². The van der Waals surface area contributed by atoms with Gasteiger partial charge in [-0.15, -0.1) is 0 Å². The van der Waals surface area contributed by atoms with Crippen LogP contribution in [0.5, 0.6) is 0 Å². The summed E-state index contributed by atoms with van der Waals surface area (Å²) >= 11 is 0. The lowest BCUT2D eigenvalue weighted by Gasteiger charge is -2.31. The molecule has 0 aliphatic carbocycles. The number of aliphatic imine (C=N–C) groups is 1. The van der Waals surface area contributed by atoms with E-state index >= 15 is 0 Å². The van der Waals surface area contributed by atoms with Crippen LogP contribution in [0.15, 0.2) is 40.5 Å². The van der Waals surface area contributed by atoms with Gasteiger partial charge in [0, 0.05) is 36.5 Å². The van der Waals surface area contributed by atoms with E-state index in [-0.39, 0.29) is 24.4 Å². The van der Waals surface area contributed by atoms with Gasteiger partial charge in [-0.05, 0) is 19.4 Å². The van der Waals surface area contributed by atoms with Crippen molar-refractivity contribution in [1.82, 2.24) is 4.90 Å². The molecule has 0 fully saturated rings. The third-order valence-corrected chi connectivity index (χ3v) is 4.80. The zero-order valence-electron chi connectivity index (χ0n) is 17.2. The van der Waals surface area contributed by atoms with Crippen LogP contribution >= 0.6 is 0 Å². The van der Waals surface area contributed by atoms with Crippen molar-refractivity contribution in [3.8, 4) is 0 Å². The quantitative estimate of drug-likeness (QED) is 0.273. The zero-order chi connectivity index (χ0) is 22.4. The molecule has 2 atom stereocenters. The lowest BCUT2D eigenvalue weighted by molar-refractivity contribution is -0.384. The number of carbonyl (C=O) groups is 3. The molecule has 0 spiro atoms. The molecular weight excluding hydrogens is 394 g/mol. The van der Waals surface area contributed by atoms with E-state index in [1.54, 1.807) is 27.0 Å². The second-order valence-electron chi connectivity index (χ2n) is 6.80. The monoisotopic (exact) mass is 417 g/mol. The number of hydrogen-bond acceptors (Lipinski definition) is 8. The predicted molar refractivity (Wildman–Crippen MR) is 107 cm³/mol. The summed E-state index contributed by atoms with van der Waals surface area (Å²) in [5.74, 6) is -3.15. The van der Waals surface area contributed by atoms with Crippen LogP contribution in [0.25, 0.3) is 0 Å². The fourth-order valence-electron chi connectivity index (χ4n) is 3.34. The topological polar surface area (TPSA) is 128 Å².